The van der Waals surface area contributed by atoms with E-state index in [1.54, 1.807) is 0 Å². The summed E-state index contributed by atoms with van der Waals surface area (Å²) in [7, 11) is 0. The second kappa shape index (κ2) is 7.66. The molecule has 2 aliphatic heterocycles. The first-order chi connectivity index (χ1) is 11.6. The highest BCUT2D eigenvalue weighted by Crippen LogP contribution is 2.34. The first kappa shape index (κ1) is 17.4. The van der Waals surface area contributed by atoms with Gasteiger partial charge in [0.05, 0.1) is 12.0 Å². The second-order valence-electron chi connectivity index (χ2n) is 7.79. The van der Waals surface area contributed by atoms with E-state index < -0.39 is 0 Å². The van der Waals surface area contributed by atoms with Gasteiger partial charge in [-0.3, -0.25) is 4.79 Å². The molecule has 0 radical (unpaired) electrons. The molecule has 2 fully saturated rings. The molecule has 1 aromatic carbocycles. The van der Waals surface area contributed by atoms with E-state index in [1.165, 1.54) is 12.8 Å². The van der Waals surface area contributed by atoms with Gasteiger partial charge in [0.15, 0.2) is 0 Å². The number of benzene rings is 1. The number of ether oxygens (including phenoxy) is 1. The molecule has 0 spiro atoms. The Balaban J connectivity index is 1.62. The van der Waals surface area contributed by atoms with Crippen molar-refractivity contribution in [1.82, 2.24) is 10.6 Å². The molecule has 1 aromatic rings. The summed E-state index contributed by atoms with van der Waals surface area (Å²) in [6, 6.07) is 10.5. The third kappa shape index (κ3) is 3.98. The Morgan fingerprint density at radius 2 is 2.08 bits per heavy atom. The van der Waals surface area contributed by atoms with Crippen LogP contribution in [0.5, 0.6) is 0 Å². The second-order valence-corrected chi connectivity index (χ2v) is 7.79. The van der Waals surface area contributed by atoms with Gasteiger partial charge in [-0.1, -0.05) is 44.2 Å². The van der Waals surface area contributed by atoms with Crippen LogP contribution in [0.1, 0.15) is 51.2 Å². The van der Waals surface area contributed by atoms with E-state index >= 15 is 0 Å². The average molecular weight is 330 g/mol. The van der Waals surface area contributed by atoms with Crippen LogP contribution in [0.15, 0.2) is 30.3 Å². The van der Waals surface area contributed by atoms with Gasteiger partial charge in [0.2, 0.25) is 5.91 Å². The van der Waals surface area contributed by atoms with Crippen LogP contribution >= 0.6 is 0 Å². The molecule has 4 nitrogen and oxygen atoms in total. The lowest BCUT2D eigenvalue weighted by molar-refractivity contribution is -0.135. The zero-order chi connectivity index (χ0) is 17.0. The van der Waals surface area contributed by atoms with Crippen molar-refractivity contribution in [3.8, 4) is 0 Å². The van der Waals surface area contributed by atoms with E-state index in [-0.39, 0.29) is 23.3 Å². The monoisotopic (exact) mass is 330 g/mol. The molecule has 3 atom stereocenters. The number of amides is 1. The fourth-order valence-corrected chi connectivity index (χ4v) is 3.97. The lowest BCUT2D eigenvalue weighted by atomic mass is 9.77. The van der Waals surface area contributed by atoms with Gasteiger partial charge < -0.3 is 15.4 Å². The molecule has 132 valence electrons. The number of piperidine rings is 1. The largest absolute Gasteiger partial charge is 0.373 e. The maximum absolute atomic E-state index is 12.8. The van der Waals surface area contributed by atoms with Gasteiger partial charge in [0.25, 0.3) is 0 Å². The number of rotatable bonds is 4. The maximum Gasteiger partial charge on any atom is 0.226 e. The standard InChI is InChI=1S/C20H30N2O2/c1-20(2)11-7-12-21-17(20)14-22-19(23)16-10-6-13-24-18(16)15-8-4-3-5-9-15/h3-5,8-9,16-18,21H,6-7,10-14H2,1-2H3,(H,22,23). The molecule has 4 heteroatoms. The van der Waals surface area contributed by atoms with Gasteiger partial charge in [-0.15, -0.1) is 0 Å². The first-order valence-corrected chi connectivity index (χ1v) is 9.25. The fourth-order valence-electron chi connectivity index (χ4n) is 3.97. The first-order valence-electron chi connectivity index (χ1n) is 9.25. The van der Waals surface area contributed by atoms with Crippen molar-refractivity contribution in [2.75, 3.05) is 19.7 Å². The molecule has 0 bridgehead atoms. The zero-order valence-electron chi connectivity index (χ0n) is 14.9. The highest BCUT2D eigenvalue weighted by Gasteiger charge is 2.35. The minimum absolute atomic E-state index is 0.0900. The van der Waals surface area contributed by atoms with E-state index in [4.69, 9.17) is 4.74 Å². The van der Waals surface area contributed by atoms with Crippen molar-refractivity contribution in [2.24, 2.45) is 11.3 Å². The summed E-state index contributed by atoms with van der Waals surface area (Å²) in [6.07, 6.45) is 4.15. The number of nitrogens with one attached hydrogen (secondary N) is 2. The van der Waals surface area contributed by atoms with E-state index in [2.05, 4.69) is 36.6 Å². The number of hydrogen-bond donors (Lipinski definition) is 2. The molecule has 1 amide bonds. The zero-order valence-corrected chi connectivity index (χ0v) is 14.9. The summed E-state index contributed by atoms with van der Waals surface area (Å²) in [5.74, 6) is 0.0413. The normalized spacial score (nSPS) is 29.8. The maximum atomic E-state index is 12.8. The van der Waals surface area contributed by atoms with Gasteiger partial charge in [-0.2, -0.15) is 0 Å². The Kier molecular flexibility index (Phi) is 5.57. The van der Waals surface area contributed by atoms with E-state index in [1.807, 2.05) is 18.2 Å². The van der Waals surface area contributed by atoms with Crippen molar-refractivity contribution >= 4 is 5.91 Å². The molecule has 0 aliphatic carbocycles. The lowest BCUT2D eigenvalue weighted by Crippen LogP contribution is -2.53. The summed E-state index contributed by atoms with van der Waals surface area (Å²) in [5, 5.41) is 6.76. The molecule has 2 N–H and O–H groups in total. The Morgan fingerprint density at radius 3 is 2.83 bits per heavy atom. The van der Waals surface area contributed by atoms with Crippen LogP contribution in [0.4, 0.5) is 0 Å². The van der Waals surface area contributed by atoms with Gasteiger partial charge >= 0.3 is 0 Å². The van der Waals surface area contributed by atoms with E-state index in [0.717, 1.165) is 31.6 Å². The Morgan fingerprint density at radius 1 is 1.29 bits per heavy atom. The smallest absolute Gasteiger partial charge is 0.226 e. The van der Waals surface area contributed by atoms with Gasteiger partial charge in [0, 0.05) is 19.2 Å². The van der Waals surface area contributed by atoms with Crippen molar-refractivity contribution < 1.29 is 9.53 Å². The molecule has 0 aromatic heterocycles. The lowest BCUT2D eigenvalue weighted by Gasteiger charge is -2.40. The van der Waals surface area contributed by atoms with Crippen LogP contribution < -0.4 is 10.6 Å². The highest BCUT2D eigenvalue weighted by molar-refractivity contribution is 5.79. The molecule has 24 heavy (non-hydrogen) atoms. The molecular weight excluding hydrogens is 300 g/mol. The summed E-state index contributed by atoms with van der Waals surface area (Å²) < 4.78 is 5.95. The van der Waals surface area contributed by atoms with Crippen LogP contribution in [-0.2, 0) is 9.53 Å². The molecule has 2 aliphatic rings. The van der Waals surface area contributed by atoms with Crippen molar-refractivity contribution in [3.63, 3.8) is 0 Å². The van der Waals surface area contributed by atoms with Crippen LogP contribution in [0, 0.1) is 11.3 Å². The number of carbonyl (C=O) groups is 1. The quantitative estimate of drug-likeness (QED) is 0.892. The Bertz CT molecular complexity index is 544. The average Bonchev–Trinajstić information content (AvgIpc) is 2.61. The minimum Gasteiger partial charge on any atom is -0.373 e. The summed E-state index contributed by atoms with van der Waals surface area (Å²) in [6.45, 7) is 7.05. The van der Waals surface area contributed by atoms with Crippen LogP contribution in [0.2, 0.25) is 0 Å². The Hall–Kier alpha value is -1.39. The number of hydrogen-bond acceptors (Lipinski definition) is 3. The summed E-state index contributed by atoms with van der Waals surface area (Å²) in [4.78, 5) is 12.8. The molecule has 0 saturated carbocycles. The van der Waals surface area contributed by atoms with Crippen LogP contribution in [0.3, 0.4) is 0 Å². The van der Waals surface area contributed by atoms with E-state index in [0.29, 0.717) is 12.6 Å². The molecule has 3 rings (SSSR count). The third-order valence-corrected chi connectivity index (χ3v) is 5.60. The van der Waals surface area contributed by atoms with Crippen molar-refractivity contribution in [3.05, 3.63) is 35.9 Å². The Labute approximate surface area is 145 Å². The van der Waals surface area contributed by atoms with Gasteiger partial charge in [0.1, 0.15) is 0 Å². The SMILES string of the molecule is CC1(C)CCCNC1CNC(=O)C1CCCOC1c1ccccc1. The van der Waals surface area contributed by atoms with Crippen LogP contribution in [-0.4, -0.2) is 31.6 Å². The molecule has 2 heterocycles. The van der Waals surface area contributed by atoms with E-state index in [9.17, 15) is 4.79 Å². The molecule has 2 saturated heterocycles. The predicted octanol–water partition coefficient (Wildman–Crippen LogP) is 3.05. The minimum atomic E-state index is -0.118. The fraction of sp³-hybridized carbons (Fsp3) is 0.650. The van der Waals surface area contributed by atoms with Crippen LogP contribution in [0.25, 0.3) is 0 Å². The topological polar surface area (TPSA) is 50.4 Å². The highest BCUT2D eigenvalue weighted by atomic mass is 16.5. The molecular formula is C20H30N2O2. The summed E-state index contributed by atoms with van der Waals surface area (Å²) in [5.41, 5.74) is 1.33. The predicted molar refractivity (Wildman–Crippen MR) is 95.7 cm³/mol. The number of carbonyl (C=O) groups excluding carboxylic acids is 1. The van der Waals surface area contributed by atoms with Crippen molar-refractivity contribution in [2.45, 2.75) is 51.7 Å². The molecule has 3 unspecified atom stereocenters. The van der Waals surface area contributed by atoms with Gasteiger partial charge in [-0.25, -0.2) is 0 Å². The summed E-state index contributed by atoms with van der Waals surface area (Å²) >= 11 is 0. The van der Waals surface area contributed by atoms with Crippen molar-refractivity contribution in [1.29, 1.82) is 0 Å². The van der Waals surface area contributed by atoms with Gasteiger partial charge in [-0.05, 0) is 43.2 Å². The third-order valence-electron chi connectivity index (χ3n) is 5.60.